The van der Waals surface area contributed by atoms with E-state index in [1.165, 1.54) is 23.1 Å². The topological polar surface area (TPSA) is 119 Å². The molecule has 1 saturated heterocycles. The Balaban J connectivity index is 2.12. The molecule has 0 bridgehead atoms. The van der Waals surface area contributed by atoms with Crippen LogP contribution in [0.25, 0.3) is 0 Å². The minimum Gasteiger partial charge on any atom is -0.507 e. The van der Waals surface area contributed by atoms with Crippen LogP contribution in [0.15, 0.2) is 18.2 Å². The molecule has 0 spiro atoms. The summed E-state index contributed by atoms with van der Waals surface area (Å²) in [6.45, 7) is 0.740. The second-order valence-electron chi connectivity index (χ2n) is 4.57. The van der Waals surface area contributed by atoms with Crippen LogP contribution in [0.4, 0.5) is 10.5 Å². The van der Waals surface area contributed by atoms with E-state index < -0.39 is 18.0 Å². The molecular weight excluding hydrogens is 280 g/mol. The molecule has 1 atom stereocenters. The van der Waals surface area contributed by atoms with E-state index in [2.05, 4.69) is 5.32 Å². The van der Waals surface area contributed by atoms with E-state index in [-0.39, 0.29) is 30.2 Å². The molecule has 1 aliphatic heterocycles. The number of morpholine rings is 1. The predicted octanol–water partition coefficient (Wildman–Crippen LogP) is 0.315. The third-order valence-electron chi connectivity index (χ3n) is 3.18. The summed E-state index contributed by atoms with van der Waals surface area (Å²) >= 11 is 0. The van der Waals surface area contributed by atoms with Gasteiger partial charge in [0.15, 0.2) is 0 Å². The molecule has 1 aromatic rings. The summed E-state index contributed by atoms with van der Waals surface area (Å²) in [7, 11) is 0. The minimum atomic E-state index is -1.29. The lowest BCUT2D eigenvalue weighted by Gasteiger charge is -2.34. The summed E-state index contributed by atoms with van der Waals surface area (Å²) in [5.74, 6) is -1.66. The van der Waals surface area contributed by atoms with Crippen LogP contribution in [0.2, 0.25) is 0 Å². The van der Waals surface area contributed by atoms with Crippen LogP contribution in [0.3, 0.4) is 0 Å². The zero-order chi connectivity index (χ0) is 15.4. The highest BCUT2D eigenvalue weighted by atomic mass is 16.5. The number of hydrogen-bond donors (Lipinski definition) is 4. The average Bonchev–Trinajstić information content (AvgIpc) is 2.48. The molecule has 1 unspecified atom stereocenters. The average molecular weight is 296 g/mol. The van der Waals surface area contributed by atoms with Crippen LogP contribution in [-0.4, -0.2) is 64.6 Å². The number of aromatic hydroxyl groups is 1. The molecule has 2 rings (SSSR count). The summed E-state index contributed by atoms with van der Waals surface area (Å²) in [5, 5.41) is 30.1. The van der Waals surface area contributed by atoms with Crippen molar-refractivity contribution in [3.8, 4) is 5.75 Å². The molecule has 2 amide bonds. The van der Waals surface area contributed by atoms with E-state index in [1.54, 1.807) is 0 Å². The number of rotatable bonds is 3. The lowest BCUT2D eigenvalue weighted by Crippen LogP contribution is -2.52. The zero-order valence-electron chi connectivity index (χ0n) is 11.2. The van der Waals surface area contributed by atoms with Gasteiger partial charge < -0.3 is 30.3 Å². The van der Waals surface area contributed by atoms with E-state index in [1.807, 2.05) is 0 Å². The largest absolute Gasteiger partial charge is 0.507 e. The van der Waals surface area contributed by atoms with Crippen LogP contribution >= 0.6 is 0 Å². The monoisotopic (exact) mass is 296 g/mol. The van der Waals surface area contributed by atoms with E-state index >= 15 is 0 Å². The number of nitrogens with one attached hydrogen (secondary N) is 1. The van der Waals surface area contributed by atoms with Gasteiger partial charge in [-0.05, 0) is 18.2 Å². The fourth-order valence-electron chi connectivity index (χ4n) is 2.05. The normalized spacial score (nSPS) is 18.3. The van der Waals surface area contributed by atoms with Crippen LogP contribution in [0, 0.1) is 0 Å². The van der Waals surface area contributed by atoms with Gasteiger partial charge in [-0.1, -0.05) is 0 Å². The van der Waals surface area contributed by atoms with Crippen LogP contribution in [0.1, 0.15) is 10.4 Å². The summed E-state index contributed by atoms with van der Waals surface area (Å²) < 4.78 is 5.18. The third-order valence-corrected chi connectivity index (χ3v) is 3.18. The number of hydrogen-bond acceptors (Lipinski definition) is 5. The Hall–Kier alpha value is -2.32. The molecule has 114 valence electrons. The van der Waals surface area contributed by atoms with Crippen LogP contribution in [0.5, 0.6) is 5.75 Å². The van der Waals surface area contributed by atoms with E-state index in [0.717, 1.165) is 0 Å². The Morgan fingerprint density at radius 1 is 1.43 bits per heavy atom. The number of aliphatic hydroxyl groups excluding tert-OH is 1. The number of nitrogens with zero attached hydrogens (tertiary/aromatic N) is 1. The molecule has 0 radical (unpaired) electrons. The first-order valence-corrected chi connectivity index (χ1v) is 6.35. The van der Waals surface area contributed by atoms with Gasteiger partial charge in [-0.2, -0.15) is 0 Å². The highest BCUT2D eigenvalue weighted by molar-refractivity contribution is 5.95. The number of benzene rings is 1. The van der Waals surface area contributed by atoms with Crippen LogP contribution < -0.4 is 5.32 Å². The number of amides is 2. The number of carboxylic acids is 1. The van der Waals surface area contributed by atoms with Crippen LogP contribution in [-0.2, 0) is 4.74 Å². The molecule has 1 heterocycles. The fraction of sp³-hybridized carbons (Fsp3) is 0.385. The number of ether oxygens (including phenoxy) is 1. The Bertz CT molecular complexity index is 547. The maximum atomic E-state index is 12.1. The van der Waals surface area contributed by atoms with Crippen molar-refractivity contribution in [3.63, 3.8) is 0 Å². The van der Waals surface area contributed by atoms with Crippen molar-refractivity contribution in [1.82, 2.24) is 4.90 Å². The van der Waals surface area contributed by atoms with Crippen molar-refractivity contribution >= 4 is 17.7 Å². The van der Waals surface area contributed by atoms with Gasteiger partial charge in [0.25, 0.3) is 0 Å². The minimum absolute atomic E-state index is 0.219. The summed E-state index contributed by atoms with van der Waals surface area (Å²) in [5.41, 5.74) is -0.0492. The zero-order valence-corrected chi connectivity index (χ0v) is 11.2. The number of aromatic carboxylic acids is 1. The van der Waals surface area contributed by atoms with Gasteiger partial charge in [0.05, 0.1) is 25.9 Å². The van der Waals surface area contributed by atoms with E-state index in [9.17, 15) is 19.8 Å². The van der Waals surface area contributed by atoms with Gasteiger partial charge in [-0.25, -0.2) is 9.59 Å². The number of carbonyl (C=O) groups excluding carboxylic acids is 1. The summed E-state index contributed by atoms with van der Waals surface area (Å²) in [6.07, 6.45) is 0. The molecule has 4 N–H and O–H groups in total. The number of urea groups is 1. The highest BCUT2D eigenvalue weighted by Gasteiger charge is 2.27. The Morgan fingerprint density at radius 3 is 2.86 bits per heavy atom. The molecule has 8 nitrogen and oxygen atoms in total. The fourth-order valence-corrected chi connectivity index (χ4v) is 2.05. The van der Waals surface area contributed by atoms with Crippen molar-refractivity contribution in [2.45, 2.75) is 6.04 Å². The SMILES string of the molecule is O=C(O)c1cc(NC(=O)N2CCOCC2CO)ccc1O. The highest BCUT2D eigenvalue weighted by Crippen LogP contribution is 2.22. The maximum absolute atomic E-state index is 12.1. The lowest BCUT2D eigenvalue weighted by atomic mass is 10.2. The third kappa shape index (κ3) is 3.41. The number of carboxylic acid groups (broad SMARTS) is 1. The Labute approximate surface area is 120 Å². The molecule has 0 aromatic heterocycles. The van der Waals surface area contributed by atoms with Gasteiger partial charge in [0, 0.05) is 12.2 Å². The van der Waals surface area contributed by atoms with Crippen molar-refractivity contribution in [3.05, 3.63) is 23.8 Å². The molecule has 1 aliphatic rings. The number of anilines is 1. The Kier molecular flexibility index (Phi) is 4.61. The van der Waals surface area contributed by atoms with Crippen molar-refractivity contribution in [2.24, 2.45) is 0 Å². The number of phenols is 1. The molecule has 8 heteroatoms. The molecule has 1 aromatic carbocycles. The number of aliphatic hydroxyl groups is 1. The quantitative estimate of drug-likeness (QED) is 0.596. The smallest absolute Gasteiger partial charge is 0.339 e. The molecule has 1 fully saturated rings. The molecular formula is C13H16N2O6. The maximum Gasteiger partial charge on any atom is 0.339 e. The lowest BCUT2D eigenvalue weighted by molar-refractivity contribution is -0.00485. The summed E-state index contributed by atoms with van der Waals surface area (Å²) in [4.78, 5) is 24.5. The van der Waals surface area contributed by atoms with Gasteiger partial charge in [-0.15, -0.1) is 0 Å². The van der Waals surface area contributed by atoms with Gasteiger partial charge in [0.2, 0.25) is 0 Å². The van der Waals surface area contributed by atoms with E-state index in [4.69, 9.17) is 9.84 Å². The van der Waals surface area contributed by atoms with Gasteiger partial charge >= 0.3 is 12.0 Å². The predicted molar refractivity (Wildman–Crippen MR) is 72.5 cm³/mol. The molecule has 0 aliphatic carbocycles. The van der Waals surface area contributed by atoms with Crippen molar-refractivity contribution in [1.29, 1.82) is 0 Å². The first-order chi connectivity index (χ1) is 10.0. The first-order valence-electron chi connectivity index (χ1n) is 6.35. The first kappa shape index (κ1) is 15.1. The van der Waals surface area contributed by atoms with Crippen molar-refractivity contribution < 1.29 is 29.6 Å². The van der Waals surface area contributed by atoms with Gasteiger partial charge in [-0.3, -0.25) is 0 Å². The second-order valence-corrected chi connectivity index (χ2v) is 4.57. The van der Waals surface area contributed by atoms with Crippen molar-refractivity contribution in [2.75, 3.05) is 31.7 Å². The Morgan fingerprint density at radius 2 is 2.19 bits per heavy atom. The summed E-state index contributed by atoms with van der Waals surface area (Å²) in [6, 6.07) is 2.87. The van der Waals surface area contributed by atoms with E-state index in [0.29, 0.717) is 13.2 Å². The van der Waals surface area contributed by atoms with Gasteiger partial charge in [0.1, 0.15) is 11.3 Å². The molecule has 0 saturated carbocycles. The molecule has 21 heavy (non-hydrogen) atoms. The second kappa shape index (κ2) is 6.42. The standard InChI is InChI=1S/C13H16N2O6/c16-6-9-7-21-4-3-15(9)13(20)14-8-1-2-11(17)10(5-8)12(18)19/h1-2,5,9,16-17H,3-4,6-7H2,(H,14,20)(H,18,19). The number of carbonyl (C=O) groups is 2.